The Hall–Kier alpha value is -3.94. The van der Waals surface area contributed by atoms with E-state index in [0.29, 0.717) is 23.8 Å². The number of aryl methyl sites for hydroxylation is 3. The van der Waals surface area contributed by atoms with Crippen LogP contribution in [-0.2, 0) is 17.9 Å². The fraction of sp³-hybridized carbons (Fsp3) is 0.217. The molecular formula is C23H24N6O2. The highest BCUT2D eigenvalue weighted by Gasteiger charge is 2.15. The van der Waals surface area contributed by atoms with Crippen LogP contribution in [0.5, 0.6) is 0 Å². The van der Waals surface area contributed by atoms with Crippen molar-refractivity contribution in [1.29, 1.82) is 0 Å². The number of carbonyl (C=O) groups excluding carboxylic acids is 1. The van der Waals surface area contributed by atoms with E-state index < -0.39 is 5.69 Å². The minimum absolute atomic E-state index is 0.171. The summed E-state index contributed by atoms with van der Waals surface area (Å²) in [5.74, 6) is 0.0685. The standard InChI is InChI=1S/C23H24N6O2/c1-15-4-8-18(9-5-15)13-24-21(30)14-28-23(31)29-20(27-28)12-17(3)25-22(29)26-19-10-6-16(2)7-11-19/h4-12H,13-14H2,1-3H3,(H,24,30)(H,25,26). The van der Waals surface area contributed by atoms with Crippen LogP contribution >= 0.6 is 0 Å². The molecule has 0 aliphatic heterocycles. The molecule has 2 aromatic carbocycles. The highest BCUT2D eigenvalue weighted by atomic mass is 16.2. The summed E-state index contributed by atoms with van der Waals surface area (Å²) < 4.78 is 2.53. The Labute approximate surface area is 179 Å². The largest absolute Gasteiger partial charge is 0.353 e. The van der Waals surface area contributed by atoms with Crippen LogP contribution in [-0.4, -0.2) is 25.1 Å². The van der Waals surface area contributed by atoms with E-state index in [9.17, 15) is 9.59 Å². The maximum atomic E-state index is 13.0. The normalized spacial score (nSPS) is 10.9. The summed E-state index contributed by atoms with van der Waals surface area (Å²) in [6, 6.07) is 17.4. The van der Waals surface area contributed by atoms with Crippen molar-refractivity contribution >= 4 is 23.2 Å². The van der Waals surface area contributed by atoms with Gasteiger partial charge in [-0.05, 0) is 38.5 Å². The summed E-state index contributed by atoms with van der Waals surface area (Å²) >= 11 is 0. The number of aromatic nitrogens is 4. The Kier molecular flexibility index (Phi) is 5.53. The fourth-order valence-electron chi connectivity index (χ4n) is 3.20. The monoisotopic (exact) mass is 416 g/mol. The highest BCUT2D eigenvalue weighted by molar-refractivity contribution is 5.75. The van der Waals surface area contributed by atoms with Gasteiger partial charge in [0.15, 0.2) is 5.65 Å². The quantitative estimate of drug-likeness (QED) is 0.504. The van der Waals surface area contributed by atoms with Crippen LogP contribution in [0.4, 0.5) is 11.6 Å². The third kappa shape index (κ3) is 4.63. The van der Waals surface area contributed by atoms with Gasteiger partial charge in [0.2, 0.25) is 11.9 Å². The van der Waals surface area contributed by atoms with Gasteiger partial charge in [-0.25, -0.2) is 18.9 Å². The maximum Gasteiger partial charge on any atom is 0.353 e. The van der Waals surface area contributed by atoms with Crippen LogP contribution in [0.1, 0.15) is 22.4 Å². The van der Waals surface area contributed by atoms with Crippen molar-refractivity contribution in [2.24, 2.45) is 0 Å². The van der Waals surface area contributed by atoms with Gasteiger partial charge in [0.1, 0.15) is 6.54 Å². The molecule has 2 N–H and O–H groups in total. The van der Waals surface area contributed by atoms with Gasteiger partial charge in [-0.1, -0.05) is 47.5 Å². The van der Waals surface area contributed by atoms with Gasteiger partial charge in [0.25, 0.3) is 0 Å². The van der Waals surface area contributed by atoms with Gasteiger partial charge in [0, 0.05) is 24.0 Å². The number of amides is 1. The summed E-state index contributed by atoms with van der Waals surface area (Å²) in [7, 11) is 0. The number of fused-ring (bicyclic) bond motifs is 1. The average Bonchev–Trinajstić information content (AvgIpc) is 3.04. The van der Waals surface area contributed by atoms with Crippen molar-refractivity contribution in [2.75, 3.05) is 5.32 Å². The second-order valence-electron chi connectivity index (χ2n) is 7.61. The molecular weight excluding hydrogens is 392 g/mol. The number of rotatable bonds is 6. The van der Waals surface area contributed by atoms with Gasteiger partial charge in [-0.2, -0.15) is 0 Å². The number of carbonyl (C=O) groups is 1. The number of anilines is 2. The molecule has 0 aliphatic rings. The zero-order valence-corrected chi connectivity index (χ0v) is 17.7. The smallest absolute Gasteiger partial charge is 0.350 e. The first-order valence-corrected chi connectivity index (χ1v) is 10.0. The second kappa shape index (κ2) is 8.43. The summed E-state index contributed by atoms with van der Waals surface area (Å²) in [4.78, 5) is 29.8. The van der Waals surface area contributed by atoms with E-state index in [1.54, 1.807) is 6.07 Å². The number of hydrogen-bond donors (Lipinski definition) is 2. The molecule has 0 spiro atoms. The van der Waals surface area contributed by atoms with E-state index in [4.69, 9.17) is 0 Å². The molecule has 0 saturated heterocycles. The van der Waals surface area contributed by atoms with Gasteiger partial charge in [0.05, 0.1) is 0 Å². The van der Waals surface area contributed by atoms with Crippen molar-refractivity contribution in [2.45, 2.75) is 33.9 Å². The topological polar surface area (TPSA) is 93.3 Å². The first-order valence-electron chi connectivity index (χ1n) is 10.0. The predicted molar refractivity (Wildman–Crippen MR) is 119 cm³/mol. The Bertz CT molecular complexity index is 1290. The van der Waals surface area contributed by atoms with Crippen LogP contribution in [0.2, 0.25) is 0 Å². The van der Waals surface area contributed by atoms with Gasteiger partial charge in [-0.15, -0.1) is 5.10 Å². The summed E-state index contributed by atoms with van der Waals surface area (Å²) in [5, 5.41) is 10.3. The van der Waals surface area contributed by atoms with Crippen LogP contribution in [0.3, 0.4) is 0 Å². The lowest BCUT2D eigenvalue weighted by Gasteiger charge is -2.08. The Morgan fingerprint density at radius 1 is 0.968 bits per heavy atom. The Morgan fingerprint density at radius 3 is 2.29 bits per heavy atom. The lowest BCUT2D eigenvalue weighted by molar-refractivity contribution is -0.122. The number of benzene rings is 2. The molecule has 31 heavy (non-hydrogen) atoms. The molecule has 4 rings (SSSR count). The van der Waals surface area contributed by atoms with Crippen molar-refractivity contribution < 1.29 is 4.79 Å². The lowest BCUT2D eigenvalue weighted by atomic mass is 10.1. The molecule has 4 aromatic rings. The zero-order valence-electron chi connectivity index (χ0n) is 17.7. The van der Waals surface area contributed by atoms with Crippen LogP contribution in [0, 0.1) is 20.8 Å². The minimum Gasteiger partial charge on any atom is -0.350 e. The molecule has 8 heteroatoms. The molecule has 2 aromatic heterocycles. The molecule has 1 amide bonds. The summed E-state index contributed by atoms with van der Waals surface area (Å²) in [6.45, 7) is 6.07. The van der Waals surface area contributed by atoms with Gasteiger partial charge in [-0.3, -0.25) is 4.79 Å². The van der Waals surface area contributed by atoms with Gasteiger partial charge >= 0.3 is 5.69 Å². The molecule has 0 saturated carbocycles. The lowest BCUT2D eigenvalue weighted by Crippen LogP contribution is -2.32. The van der Waals surface area contributed by atoms with E-state index in [1.165, 1.54) is 4.40 Å². The molecule has 2 heterocycles. The molecule has 8 nitrogen and oxygen atoms in total. The van der Waals surface area contributed by atoms with E-state index in [-0.39, 0.29) is 12.5 Å². The van der Waals surface area contributed by atoms with Crippen molar-refractivity contribution in [1.82, 2.24) is 24.5 Å². The maximum absolute atomic E-state index is 13.0. The fourth-order valence-corrected chi connectivity index (χ4v) is 3.20. The summed E-state index contributed by atoms with van der Waals surface area (Å²) in [6.07, 6.45) is 0. The first kappa shape index (κ1) is 20.3. The summed E-state index contributed by atoms with van der Waals surface area (Å²) in [5.41, 5.74) is 4.80. The van der Waals surface area contributed by atoms with Crippen LogP contribution in [0.25, 0.3) is 5.65 Å². The number of nitrogens with zero attached hydrogens (tertiary/aromatic N) is 4. The third-order valence-electron chi connectivity index (χ3n) is 4.91. The van der Waals surface area contributed by atoms with Crippen molar-refractivity contribution in [3.63, 3.8) is 0 Å². The molecule has 0 bridgehead atoms. The molecule has 0 radical (unpaired) electrons. The van der Waals surface area contributed by atoms with Crippen molar-refractivity contribution in [3.8, 4) is 0 Å². The SMILES string of the molecule is Cc1ccc(CNC(=O)Cn2nc3cc(C)nc(Nc4ccc(C)cc4)n3c2=O)cc1. The van der Waals surface area contributed by atoms with E-state index in [2.05, 4.69) is 20.7 Å². The minimum atomic E-state index is -0.428. The van der Waals surface area contributed by atoms with E-state index in [1.807, 2.05) is 69.3 Å². The average molecular weight is 416 g/mol. The Morgan fingerprint density at radius 2 is 1.61 bits per heavy atom. The predicted octanol–water partition coefficient (Wildman–Crippen LogP) is 2.88. The first-order chi connectivity index (χ1) is 14.9. The van der Waals surface area contributed by atoms with E-state index >= 15 is 0 Å². The molecule has 0 fully saturated rings. The highest BCUT2D eigenvalue weighted by Crippen LogP contribution is 2.16. The van der Waals surface area contributed by atoms with Crippen molar-refractivity contribution in [3.05, 3.63) is 87.5 Å². The van der Waals surface area contributed by atoms with Crippen LogP contribution < -0.4 is 16.3 Å². The Balaban J connectivity index is 1.55. The molecule has 158 valence electrons. The van der Waals surface area contributed by atoms with Crippen LogP contribution in [0.15, 0.2) is 59.4 Å². The number of nitrogens with one attached hydrogen (secondary N) is 2. The van der Waals surface area contributed by atoms with Gasteiger partial charge < -0.3 is 10.6 Å². The molecule has 0 unspecified atom stereocenters. The third-order valence-corrected chi connectivity index (χ3v) is 4.91. The van der Waals surface area contributed by atoms with E-state index in [0.717, 1.165) is 27.1 Å². The molecule has 0 aliphatic carbocycles. The molecule has 0 atom stereocenters. The second-order valence-corrected chi connectivity index (χ2v) is 7.61. The number of hydrogen-bond acceptors (Lipinski definition) is 5. The zero-order chi connectivity index (χ0) is 22.0.